The molecule has 3 heteroatoms. The van der Waals surface area contributed by atoms with E-state index in [2.05, 4.69) is 56.0 Å². The SMILES string of the molecule is CC(C)=c1cc2c(P)c3sc(=C(C)C)cc3c(C)c2s1. The van der Waals surface area contributed by atoms with Gasteiger partial charge in [0.2, 0.25) is 0 Å². The second kappa shape index (κ2) is 4.94. The van der Waals surface area contributed by atoms with Gasteiger partial charge in [-0.05, 0) is 63.0 Å². The third-order valence-electron chi connectivity index (χ3n) is 3.73. The largest absolute Gasteiger partial charge is 0.136 e. The Morgan fingerprint density at radius 3 is 1.90 bits per heavy atom. The van der Waals surface area contributed by atoms with Gasteiger partial charge in [0.25, 0.3) is 0 Å². The van der Waals surface area contributed by atoms with Gasteiger partial charge in [0.05, 0.1) is 0 Å². The van der Waals surface area contributed by atoms with Crippen LogP contribution in [0.4, 0.5) is 0 Å². The fourth-order valence-electron chi connectivity index (χ4n) is 2.48. The molecule has 0 amide bonds. The molecule has 3 rings (SSSR count). The van der Waals surface area contributed by atoms with E-state index in [0.717, 1.165) is 0 Å². The Hall–Kier alpha value is -0.690. The van der Waals surface area contributed by atoms with Crippen LogP contribution in [0.3, 0.4) is 0 Å². The maximum atomic E-state index is 2.97. The average molecular weight is 318 g/mol. The Balaban J connectivity index is 2.60. The smallest absolute Gasteiger partial charge is 0.0430 e. The first-order valence-corrected chi connectivity index (χ1v) is 8.97. The number of hydrogen-bond donors (Lipinski definition) is 0. The molecule has 3 aromatic rings. The summed E-state index contributed by atoms with van der Waals surface area (Å²) in [7, 11) is 2.97. The lowest BCUT2D eigenvalue weighted by Gasteiger charge is -2.03. The number of hydrogen-bond acceptors (Lipinski definition) is 2. The molecule has 1 unspecified atom stereocenters. The van der Waals surface area contributed by atoms with Crippen molar-refractivity contribution in [3.05, 3.63) is 26.8 Å². The maximum absolute atomic E-state index is 2.97. The van der Waals surface area contributed by atoms with Gasteiger partial charge >= 0.3 is 0 Å². The summed E-state index contributed by atoms with van der Waals surface area (Å²) in [6.07, 6.45) is 0. The predicted octanol–water partition coefficient (Wildman–Crippen LogP) is 4.31. The standard InChI is InChI=1S/C17H19PS2/c1-8(2)13-6-11-10(5)16-12(15(18)17(11)20-13)7-14(19-16)9(3)4/h6-7H,18H2,1-5H3. The summed E-state index contributed by atoms with van der Waals surface area (Å²) >= 11 is 3.84. The molecule has 0 spiro atoms. The lowest BCUT2D eigenvalue weighted by atomic mass is 10.1. The number of aryl methyl sites for hydroxylation is 1. The van der Waals surface area contributed by atoms with Crippen LogP contribution in [-0.4, -0.2) is 0 Å². The monoisotopic (exact) mass is 318 g/mol. The normalized spacial score (nSPS) is 11.5. The van der Waals surface area contributed by atoms with Crippen LogP contribution in [0.25, 0.3) is 31.3 Å². The molecule has 2 heterocycles. The van der Waals surface area contributed by atoms with Crippen molar-refractivity contribution < 1.29 is 0 Å². The van der Waals surface area contributed by atoms with Crippen molar-refractivity contribution in [3.63, 3.8) is 0 Å². The summed E-state index contributed by atoms with van der Waals surface area (Å²) in [6.45, 7) is 11.0. The Labute approximate surface area is 130 Å². The van der Waals surface area contributed by atoms with Crippen molar-refractivity contribution in [1.29, 1.82) is 0 Å². The zero-order valence-electron chi connectivity index (χ0n) is 12.5. The Bertz CT molecular complexity index is 808. The predicted molar refractivity (Wildman–Crippen MR) is 100 cm³/mol. The van der Waals surface area contributed by atoms with Crippen LogP contribution in [0, 0.1) is 6.92 Å². The van der Waals surface area contributed by atoms with Crippen LogP contribution in [0.15, 0.2) is 12.1 Å². The molecule has 0 bridgehead atoms. The Kier molecular flexibility index (Phi) is 3.52. The van der Waals surface area contributed by atoms with Gasteiger partial charge in [0.15, 0.2) is 0 Å². The van der Waals surface area contributed by atoms with Crippen LogP contribution >= 0.6 is 31.9 Å². The van der Waals surface area contributed by atoms with Gasteiger partial charge in [0.1, 0.15) is 0 Å². The van der Waals surface area contributed by atoms with Gasteiger partial charge in [0, 0.05) is 23.9 Å². The van der Waals surface area contributed by atoms with Crippen molar-refractivity contribution in [3.8, 4) is 0 Å². The minimum Gasteiger partial charge on any atom is -0.136 e. The highest BCUT2D eigenvalue weighted by Gasteiger charge is 2.12. The van der Waals surface area contributed by atoms with Crippen LogP contribution in [0.2, 0.25) is 0 Å². The molecule has 0 saturated heterocycles. The van der Waals surface area contributed by atoms with Gasteiger partial charge in [-0.2, -0.15) is 0 Å². The van der Waals surface area contributed by atoms with E-state index >= 15 is 0 Å². The first-order chi connectivity index (χ1) is 9.40. The van der Waals surface area contributed by atoms with E-state index in [4.69, 9.17) is 0 Å². The van der Waals surface area contributed by atoms with E-state index in [1.54, 1.807) is 0 Å². The molecule has 2 aromatic heterocycles. The second-order valence-electron chi connectivity index (χ2n) is 5.75. The lowest BCUT2D eigenvalue weighted by Crippen LogP contribution is -1.95. The fraction of sp³-hybridized carbons (Fsp3) is 0.294. The first kappa shape index (κ1) is 14.3. The number of benzene rings is 1. The van der Waals surface area contributed by atoms with Crippen molar-refractivity contribution in [2.24, 2.45) is 0 Å². The molecule has 0 aliphatic rings. The van der Waals surface area contributed by atoms with Gasteiger partial charge < -0.3 is 0 Å². The summed E-state index contributed by atoms with van der Waals surface area (Å²) in [4.78, 5) is 0. The zero-order valence-corrected chi connectivity index (χ0v) is 15.3. The highest BCUT2D eigenvalue weighted by molar-refractivity contribution is 7.33. The van der Waals surface area contributed by atoms with E-state index in [1.165, 1.54) is 51.3 Å². The molecule has 0 aliphatic carbocycles. The molecule has 0 saturated carbocycles. The summed E-state index contributed by atoms with van der Waals surface area (Å²) in [5.41, 5.74) is 4.23. The topological polar surface area (TPSA) is 0 Å². The number of thiophene rings is 2. The highest BCUT2D eigenvalue weighted by Crippen LogP contribution is 2.31. The van der Waals surface area contributed by atoms with Crippen LogP contribution in [0.5, 0.6) is 0 Å². The molecule has 0 aliphatic heterocycles. The molecular weight excluding hydrogens is 299 g/mol. The molecule has 0 fully saturated rings. The molecular formula is C17H19PS2. The second-order valence-corrected chi connectivity index (χ2v) is 8.43. The van der Waals surface area contributed by atoms with Crippen molar-refractivity contribution >= 4 is 68.5 Å². The molecule has 1 aromatic carbocycles. The summed E-state index contributed by atoms with van der Waals surface area (Å²) in [5, 5.41) is 4.19. The lowest BCUT2D eigenvalue weighted by molar-refractivity contribution is 1.58. The van der Waals surface area contributed by atoms with Crippen molar-refractivity contribution in [2.75, 3.05) is 0 Å². The van der Waals surface area contributed by atoms with Gasteiger partial charge in [-0.3, -0.25) is 0 Å². The third kappa shape index (κ3) is 2.06. The molecule has 20 heavy (non-hydrogen) atoms. The van der Waals surface area contributed by atoms with E-state index in [1.807, 2.05) is 22.7 Å². The third-order valence-corrected chi connectivity index (χ3v) is 7.40. The van der Waals surface area contributed by atoms with E-state index < -0.39 is 0 Å². The summed E-state index contributed by atoms with van der Waals surface area (Å²) in [6, 6.07) is 4.71. The summed E-state index contributed by atoms with van der Waals surface area (Å²) in [5.74, 6) is 0. The summed E-state index contributed by atoms with van der Waals surface area (Å²) < 4.78 is 5.68. The van der Waals surface area contributed by atoms with Gasteiger partial charge in [-0.25, -0.2) is 0 Å². The number of rotatable bonds is 0. The van der Waals surface area contributed by atoms with E-state index in [9.17, 15) is 0 Å². The van der Waals surface area contributed by atoms with E-state index in [0.29, 0.717) is 0 Å². The van der Waals surface area contributed by atoms with Gasteiger partial charge in [-0.1, -0.05) is 11.1 Å². The molecule has 0 radical (unpaired) electrons. The van der Waals surface area contributed by atoms with Crippen LogP contribution < -0.4 is 14.4 Å². The molecule has 1 atom stereocenters. The zero-order chi connectivity index (χ0) is 14.6. The minimum absolute atomic E-state index is 1.36. The maximum Gasteiger partial charge on any atom is 0.0430 e. The van der Waals surface area contributed by atoms with Crippen molar-refractivity contribution in [2.45, 2.75) is 34.6 Å². The van der Waals surface area contributed by atoms with Gasteiger partial charge in [-0.15, -0.1) is 31.9 Å². The average Bonchev–Trinajstić information content (AvgIpc) is 3.00. The molecule has 0 nitrogen and oxygen atoms in total. The Morgan fingerprint density at radius 2 is 1.35 bits per heavy atom. The number of fused-ring (bicyclic) bond motifs is 2. The highest BCUT2D eigenvalue weighted by atomic mass is 32.1. The van der Waals surface area contributed by atoms with E-state index in [-0.39, 0.29) is 0 Å². The van der Waals surface area contributed by atoms with Crippen LogP contribution in [-0.2, 0) is 0 Å². The van der Waals surface area contributed by atoms with Crippen LogP contribution in [0.1, 0.15) is 33.3 Å². The Morgan fingerprint density at radius 1 is 0.850 bits per heavy atom. The van der Waals surface area contributed by atoms with Crippen molar-refractivity contribution in [1.82, 2.24) is 0 Å². The quantitative estimate of drug-likeness (QED) is 0.542. The first-order valence-electron chi connectivity index (χ1n) is 6.76. The molecule has 104 valence electrons. The minimum atomic E-state index is 1.36. The fourth-order valence-corrected chi connectivity index (χ4v) is 5.43. The molecule has 0 N–H and O–H groups in total.